The lowest BCUT2D eigenvalue weighted by Gasteiger charge is -2.08. The first-order valence-corrected chi connectivity index (χ1v) is 5.41. The summed E-state index contributed by atoms with van der Waals surface area (Å²) < 4.78 is 0. The first-order chi connectivity index (χ1) is 7.63. The average molecular weight is 221 g/mol. The van der Waals surface area contributed by atoms with Crippen LogP contribution in [0.25, 0.3) is 0 Å². The van der Waals surface area contributed by atoms with Gasteiger partial charge in [-0.15, -0.1) is 0 Å². The summed E-state index contributed by atoms with van der Waals surface area (Å²) in [6, 6.07) is 7.66. The van der Waals surface area contributed by atoms with E-state index in [1.807, 2.05) is 24.3 Å². The maximum absolute atomic E-state index is 8.58. The van der Waals surface area contributed by atoms with E-state index >= 15 is 0 Å². The molecule has 0 aliphatic heterocycles. The van der Waals surface area contributed by atoms with Crippen molar-refractivity contribution in [3.63, 3.8) is 0 Å². The number of rotatable bonds is 5. The zero-order valence-electron chi connectivity index (χ0n) is 9.77. The molecule has 0 bridgehead atoms. The van der Waals surface area contributed by atoms with Crippen molar-refractivity contribution >= 4 is 5.84 Å². The first kappa shape index (κ1) is 12.5. The van der Waals surface area contributed by atoms with Crippen molar-refractivity contribution in [2.75, 3.05) is 6.54 Å². The molecule has 0 saturated heterocycles. The van der Waals surface area contributed by atoms with E-state index in [0.29, 0.717) is 5.92 Å². The van der Waals surface area contributed by atoms with Crippen LogP contribution < -0.4 is 11.1 Å². The van der Waals surface area contributed by atoms with E-state index in [2.05, 4.69) is 24.3 Å². The molecule has 1 rings (SSSR count). The number of oxime groups is 1. The second kappa shape index (κ2) is 6.12. The number of nitrogens with two attached hydrogens (primary N) is 1. The fourth-order valence-corrected chi connectivity index (χ4v) is 1.40. The molecule has 0 heterocycles. The molecule has 0 radical (unpaired) electrons. The molecule has 1 aromatic carbocycles. The molecule has 0 aliphatic carbocycles. The predicted octanol–water partition coefficient (Wildman–Crippen LogP) is 1.53. The molecule has 4 N–H and O–H groups in total. The molecule has 0 atom stereocenters. The minimum atomic E-state index is 0.144. The Kier molecular flexibility index (Phi) is 4.79. The highest BCUT2D eigenvalue weighted by Crippen LogP contribution is 2.05. The topological polar surface area (TPSA) is 70.6 Å². The summed E-state index contributed by atoms with van der Waals surface area (Å²) in [5.41, 5.74) is 7.39. The van der Waals surface area contributed by atoms with Crippen molar-refractivity contribution in [3.05, 3.63) is 35.4 Å². The van der Waals surface area contributed by atoms with Gasteiger partial charge in [-0.05, 0) is 24.1 Å². The molecule has 0 aliphatic rings. The largest absolute Gasteiger partial charge is 0.409 e. The molecule has 88 valence electrons. The molecule has 0 aromatic heterocycles. The van der Waals surface area contributed by atoms with Crippen LogP contribution in [0.4, 0.5) is 0 Å². The molecule has 0 fully saturated rings. The second-order valence-electron chi connectivity index (χ2n) is 4.21. The van der Waals surface area contributed by atoms with Gasteiger partial charge in [-0.2, -0.15) is 0 Å². The van der Waals surface area contributed by atoms with Gasteiger partial charge in [-0.1, -0.05) is 37.2 Å². The molecule has 0 saturated carbocycles. The maximum atomic E-state index is 8.58. The molecule has 1 aromatic rings. The summed E-state index contributed by atoms with van der Waals surface area (Å²) in [7, 11) is 0. The Bertz CT molecular complexity index is 361. The lowest BCUT2D eigenvalue weighted by atomic mass is 10.1. The number of hydrogen-bond acceptors (Lipinski definition) is 3. The van der Waals surface area contributed by atoms with E-state index in [0.717, 1.165) is 24.2 Å². The number of nitrogens with zero attached hydrogens (tertiary/aromatic N) is 1. The highest BCUT2D eigenvalue weighted by atomic mass is 16.4. The van der Waals surface area contributed by atoms with E-state index in [9.17, 15) is 0 Å². The summed E-state index contributed by atoms with van der Waals surface area (Å²) in [6.07, 6.45) is 0. The molecular weight excluding hydrogens is 202 g/mol. The molecule has 4 heteroatoms. The third-order valence-corrected chi connectivity index (χ3v) is 2.21. The van der Waals surface area contributed by atoms with E-state index in [1.165, 1.54) is 0 Å². The Hall–Kier alpha value is -1.55. The summed E-state index contributed by atoms with van der Waals surface area (Å²) in [5, 5.41) is 14.9. The fraction of sp³-hybridized carbons (Fsp3) is 0.417. The average Bonchev–Trinajstić information content (AvgIpc) is 2.28. The third-order valence-electron chi connectivity index (χ3n) is 2.21. The minimum absolute atomic E-state index is 0.144. The zero-order valence-corrected chi connectivity index (χ0v) is 9.77. The quantitative estimate of drug-likeness (QED) is 0.305. The third kappa shape index (κ3) is 3.90. The van der Waals surface area contributed by atoms with Crippen molar-refractivity contribution < 1.29 is 5.21 Å². The maximum Gasteiger partial charge on any atom is 0.170 e. The SMILES string of the molecule is CC(C)CNCc1cccc(C(N)=NO)c1. The Morgan fingerprint density at radius 2 is 2.25 bits per heavy atom. The summed E-state index contributed by atoms with van der Waals surface area (Å²) >= 11 is 0. The van der Waals surface area contributed by atoms with Crippen molar-refractivity contribution in [2.45, 2.75) is 20.4 Å². The van der Waals surface area contributed by atoms with Crippen LogP contribution in [-0.2, 0) is 6.54 Å². The predicted molar refractivity (Wildman–Crippen MR) is 65.5 cm³/mol. The van der Waals surface area contributed by atoms with Crippen LogP contribution >= 0.6 is 0 Å². The molecular formula is C12H19N3O. The van der Waals surface area contributed by atoms with Crippen molar-refractivity contribution in [1.29, 1.82) is 0 Å². The number of benzene rings is 1. The minimum Gasteiger partial charge on any atom is -0.409 e. The van der Waals surface area contributed by atoms with E-state index in [4.69, 9.17) is 10.9 Å². The smallest absolute Gasteiger partial charge is 0.170 e. The highest BCUT2D eigenvalue weighted by Gasteiger charge is 2.00. The molecule has 4 nitrogen and oxygen atoms in total. The van der Waals surface area contributed by atoms with E-state index in [-0.39, 0.29) is 5.84 Å². The van der Waals surface area contributed by atoms with E-state index in [1.54, 1.807) is 0 Å². The van der Waals surface area contributed by atoms with Crippen LogP contribution in [0.5, 0.6) is 0 Å². The van der Waals surface area contributed by atoms with Gasteiger partial charge in [0.2, 0.25) is 0 Å². The summed E-state index contributed by atoms with van der Waals surface area (Å²) in [6.45, 7) is 6.11. The Morgan fingerprint density at radius 3 is 2.88 bits per heavy atom. The number of amidine groups is 1. The van der Waals surface area contributed by atoms with Crippen LogP contribution in [0, 0.1) is 5.92 Å². The number of hydrogen-bond donors (Lipinski definition) is 3. The van der Waals surface area contributed by atoms with Gasteiger partial charge < -0.3 is 16.3 Å². The Balaban J connectivity index is 2.61. The van der Waals surface area contributed by atoms with Gasteiger partial charge in [-0.25, -0.2) is 0 Å². The van der Waals surface area contributed by atoms with Crippen LogP contribution in [0.15, 0.2) is 29.4 Å². The van der Waals surface area contributed by atoms with Crippen molar-refractivity contribution in [1.82, 2.24) is 5.32 Å². The monoisotopic (exact) mass is 221 g/mol. The van der Waals surface area contributed by atoms with Crippen molar-refractivity contribution in [2.24, 2.45) is 16.8 Å². The summed E-state index contributed by atoms with van der Waals surface area (Å²) in [5.74, 6) is 0.776. The summed E-state index contributed by atoms with van der Waals surface area (Å²) in [4.78, 5) is 0. The van der Waals surface area contributed by atoms with Gasteiger partial charge >= 0.3 is 0 Å². The first-order valence-electron chi connectivity index (χ1n) is 5.41. The zero-order chi connectivity index (χ0) is 12.0. The lowest BCUT2D eigenvalue weighted by Crippen LogP contribution is -2.19. The van der Waals surface area contributed by atoms with Crippen LogP contribution in [0.2, 0.25) is 0 Å². The van der Waals surface area contributed by atoms with Gasteiger partial charge in [0.05, 0.1) is 0 Å². The molecule has 16 heavy (non-hydrogen) atoms. The van der Waals surface area contributed by atoms with Crippen LogP contribution in [0.1, 0.15) is 25.0 Å². The second-order valence-corrected chi connectivity index (χ2v) is 4.21. The van der Waals surface area contributed by atoms with Gasteiger partial charge in [0.1, 0.15) is 0 Å². The highest BCUT2D eigenvalue weighted by molar-refractivity contribution is 5.97. The van der Waals surface area contributed by atoms with Crippen LogP contribution in [-0.4, -0.2) is 17.6 Å². The Morgan fingerprint density at radius 1 is 1.50 bits per heavy atom. The lowest BCUT2D eigenvalue weighted by molar-refractivity contribution is 0.318. The normalized spacial score (nSPS) is 12.1. The number of nitrogens with one attached hydrogen (secondary N) is 1. The fourth-order valence-electron chi connectivity index (χ4n) is 1.40. The molecule has 0 spiro atoms. The van der Waals surface area contributed by atoms with Gasteiger partial charge in [0.15, 0.2) is 5.84 Å². The molecule has 0 amide bonds. The van der Waals surface area contributed by atoms with Crippen LogP contribution in [0.3, 0.4) is 0 Å². The van der Waals surface area contributed by atoms with Crippen molar-refractivity contribution in [3.8, 4) is 0 Å². The van der Waals surface area contributed by atoms with E-state index < -0.39 is 0 Å². The van der Waals surface area contributed by atoms with Gasteiger partial charge in [0, 0.05) is 12.1 Å². The Labute approximate surface area is 96.2 Å². The standard InChI is InChI=1S/C12H19N3O/c1-9(2)7-14-8-10-4-3-5-11(6-10)12(13)15-16/h3-6,9,14,16H,7-8H2,1-2H3,(H2,13,15). The van der Waals surface area contributed by atoms with Gasteiger partial charge in [0.25, 0.3) is 0 Å². The van der Waals surface area contributed by atoms with Gasteiger partial charge in [-0.3, -0.25) is 0 Å². The molecule has 0 unspecified atom stereocenters.